The second-order valence-electron chi connectivity index (χ2n) is 21.4. The number of fused-ring (bicyclic) bond motifs is 6. The molecule has 5 heteroatoms. The Bertz CT molecular complexity index is 3520. The van der Waals surface area contributed by atoms with Gasteiger partial charge in [-0.25, -0.2) is 0 Å². The topological polar surface area (TPSA) is 22.1 Å². The molecule has 7 aromatic rings. The molecule has 7 aromatic carbocycles. The second-order valence-corrected chi connectivity index (χ2v) is 22.5. The van der Waals surface area contributed by atoms with Gasteiger partial charge >= 0.3 is 0 Å². The average molecular weight is 949 g/mol. The van der Waals surface area contributed by atoms with Crippen molar-refractivity contribution < 1.29 is 0 Å². The molecule has 0 bridgehead atoms. The van der Waals surface area contributed by atoms with Crippen molar-refractivity contribution in [1.82, 2.24) is 0 Å². The zero-order chi connectivity index (χ0) is 48.3. The molecular formula is C67H56N4S. The van der Waals surface area contributed by atoms with Gasteiger partial charge in [-0.1, -0.05) is 167 Å². The fourth-order valence-electron chi connectivity index (χ4n) is 12.7. The number of hydrogen-bond donors (Lipinski definition) is 0. The molecule has 1 fully saturated rings. The Labute approximate surface area is 428 Å². The third-order valence-electron chi connectivity index (χ3n) is 16.5. The van der Waals surface area contributed by atoms with Gasteiger partial charge in [-0.3, -0.25) is 4.99 Å². The van der Waals surface area contributed by atoms with Crippen molar-refractivity contribution in [2.45, 2.75) is 73.6 Å². The van der Waals surface area contributed by atoms with Gasteiger partial charge in [0.1, 0.15) is 0 Å². The molecule has 7 aliphatic rings. The minimum atomic E-state index is -0.106. The number of dihydropyridines is 1. The SMILES string of the molecule is CC1(C)C2=C(C=CCC=C2)N(C2=CC=C(C3=NC(c4ccc(N5c6ccccc6Sc6ccccc65)cc4)CC(c4ccc(N5c6ccccc6C(C)(C)c6ccccc65)cc4)=C3)C3CC23)c2ccccc21. The summed E-state index contributed by atoms with van der Waals surface area (Å²) in [5.74, 6) is 0.822. The third kappa shape index (κ3) is 6.77. The van der Waals surface area contributed by atoms with E-state index in [0.717, 1.165) is 30.7 Å². The number of nitrogens with zero attached hydrogens (tertiary/aromatic N) is 4. The van der Waals surface area contributed by atoms with E-state index in [1.54, 1.807) is 0 Å². The largest absolute Gasteiger partial charge is 0.313 e. The summed E-state index contributed by atoms with van der Waals surface area (Å²) in [5, 5.41) is 0. The van der Waals surface area contributed by atoms with Crippen molar-refractivity contribution in [3.05, 3.63) is 263 Å². The lowest BCUT2D eigenvalue weighted by Crippen LogP contribution is -2.36. The van der Waals surface area contributed by atoms with Crippen LogP contribution in [-0.4, -0.2) is 5.71 Å². The average Bonchev–Trinajstić information content (AvgIpc) is 4.26. The van der Waals surface area contributed by atoms with Gasteiger partial charge in [0, 0.05) is 55.0 Å². The number of hydrogen-bond acceptors (Lipinski definition) is 5. The fourth-order valence-corrected chi connectivity index (χ4v) is 13.8. The Morgan fingerprint density at radius 3 is 1.68 bits per heavy atom. The molecule has 0 N–H and O–H groups in total. The fraction of sp³-hybridized carbons (Fsp3) is 0.179. The number of rotatable bonds is 6. The number of benzene rings is 7. The van der Waals surface area contributed by atoms with E-state index in [4.69, 9.17) is 4.99 Å². The standard InChI is InChI=1S/C67H56N4S/c1-66(2)51-19-8-11-23-58(51)69(59-24-12-9-20-52(59)66)46-34-30-43(31-35-46)45-40-55(44-32-36-47(37-33-44)70-62-26-14-16-28-64(62)72-65-29-17-15-27-63(65)70)68-56(41-45)48-38-39-57(50-42-49(48)50)71-60-22-7-5-6-18-53(60)67(3,4)54-21-10-13-25-61(54)71/h6-39,41,49-50,55H,5,40,42H2,1-4H3. The van der Waals surface area contributed by atoms with Crippen molar-refractivity contribution in [3.63, 3.8) is 0 Å². The van der Waals surface area contributed by atoms with Crippen molar-refractivity contribution >= 4 is 62.9 Å². The number of allylic oxidation sites excluding steroid dienone is 10. The van der Waals surface area contributed by atoms with Crippen LogP contribution in [0.3, 0.4) is 0 Å². The van der Waals surface area contributed by atoms with Crippen LogP contribution in [0.4, 0.5) is 39.8 Å². The second kappa shape index (κ2) is 16.5. The van der Waals surface area contributed by atoms with Crippen molar-refractivity contribution in [3.8, 4) is 0 Å². The van der Waals surface area contributed by atoms with E-state index in [9.17, 15) is 0 Å². The van der Waals surface area contributed by atoms with Crippen molar-refractivity contribution in [1.29, 1.82) is 0 Å². The highest BCUT2D eigenvalue weighted by atomic mass is 32.2. The molecule has 3 atom stereocenters. The van der Waals surface area contributed by atoms with Crippen LogP contribution in [0.2, 0.25) is 0 Å². The van der Waals surface area contributed by atoms with Crippen LogP contribution >= 0.6 is 11.8 Å². The molecule has 1 saturated carbocycles. The maximum absolute atomic E-state index is 5.74. The monoisotopic (exact) mass is 948 g/mol. The molecule has 3 unspecified atom stereocenters. The number of aliphatic imine (C=N–C) groups is 1. The molecule has 350 valence electrons. The molecule has 4 nitrogen and oxygen atoms in total. The molecule has 14 rings (SSSR count). The highest BCUT2D eigenvalue weighted by Crippen LogP contribution is 2.58. The Morgan fingerprint density at radius 2 is 1.04 bits per heavy atom. The Balaban J connectivity index is 0.855. The highest BCUT2D eigenvalue weighted by molar-refractivity contribution is 7.99. The van der Waals surface area contributed by atoms with E-state index in [1.165, 1.54) is 99.8 Å². The number of anilines is 7. The first-order valence-corrected chi connectivity index (χ1v) is 26.6. The third-order valence-corrected chi connectivity index (χ3v) is 17.6. The molecule has 0 spiro atoms. The Morgan fingerprint density at radius 1 is 0.514 bits per heavy atom. The summed E-state index contributed by atoms with van der Waals surface area (Å²) in [7, 11) is 0. The lowest BCUT2D eigenvalue weighted by Gasteiger charge is -2.43. The highest BCUT2D eigenvalue weighted by Gasteiger charge is 2.50. The Kier molecular flexibility index (Phi) is 9.89. The van der Waals surface area contributed by atoms with Crippen LogP contribution in [0, 0.1) is 11.8 Å². The quantitative estimate of drug-likeness (QED) is 0.166. The summed E-state index contributed by atoms with van der Waals surface area (Å²) in [6.07, 6.45) is 19.5. The smallest absolute Gasteiger partial charge is 0.0796 e. The molecule has 3 aliphatic carbocycles. The zero-order valence-electron chi connectivity index (χ0n) is 41.3. The first-order chi connectivity index (χ1) is 35.2. The van der Waals surface area contributed by atoms with Gasteiger partial charge in [0.05, 0.1) is 34.5 Å². The lowest BCUT2D eigenvalue weighted by atomic mass is 9.73. The number of para-hydroxylation sites is 5. The van der Waals surface area contributed by atoms with Gasteiger partial charge in [-0.05, 0) is 155 Å². The minimum Gasteiger partial charge on any atom is -0.313 e. The van der Waals surface area contributed by atoms with E-state index in [-0.39, 0.29) is 16.9 Å². The normalized spacial score (nSPS) is 21.6. The van der Waals surface area contributed by atoms with Gasteiger partial charge in [0.15, 0.2) is 0 Å². The molecule has 0 amide bonds. The zero-order valence-corrected chi connectivity index (χ0v) is 42.1. The van der Waals surface area contributed by atoms with Crippen molar-refractivity contribution in [2.75, 3.05) is 14.7 Å². The van der Waals surface area contributed by atoms with Gasteiger partial charge < -0.3 is 14.7 Å². The van der Waals surface area contributed by atoms with Gasteiger partial charge in [0.25, 0.3) is 0 Å². The molecule has 0 radical (unpaired) electrons. The van der Waals surface area contributed by atoms with Crippen LogP contribution in [-0.2, 0) is 10.8 Å². The van der Waals surface area contributed by atoms with Crippen LogP contribution in [0.15, 0.2) is 250 Å². The summed E-state index contributed by atoms with van der Waals surface area (Å²) < 4.78 is 0. The maximum atomic E-state index is 5.74. The summed E-state index contributed by atoms with van der Waals surface area (Å²) in [6.45, 7) is 9.47. The van der Waals surface area contributed by atoms with E-state index < -0.39 is 0 Å². The van der Waals surface area contributed by atoms with Crippen molar-refractivity contribution in [2.24, 2.45) is 16.8 Å². The van der Waals surface area contributed by atoms with E-state index in [0.29, 0.717) is 11.8 Å². The van der Waals surface area contributed by atoms with Crippen LogP contribution < -0.4 is 14.7 Å². The molecular weight excluding hydrogens is 893 g/mol. The molecule has 4 heterocycles. The first kappa shape index (κ1) is 43.2. The Hall–Kier alpha value is -7.60. The summed E-state index contributed by atoms with van der Waals surface area (Å²) in [6, 6.07) is 63.0. The predicted molar refractivity (Wildman–Crippen MR) is 301 cm³/mol. The van der Waals surface area contributed by atoms with Crippen LogP contribution in [0.25, 0.3) is 5.57 Å². The molecule has 0 aromatic heterocycles. The van der Waals surface area contributed by atoms with Gasteiger partial charge in [-0.2, -0.15) is 0 Å². The van der Waals surface area contributed by atoms with E-state index in [1.807, 2.05) is 11.8 Å². The van der Waals surface area contributed by atoms with E-state index >= 15 is 0 Å². The van der Waals surface area contributed by atoms with Gasteiger partial charge in [0.2, 0.25) is 0 Å². The predicted octanol–water partition coefficient (Wildman–Crippen LogP) is 17.7. The van der Waals surface area contributed by atoms with Crippen LogP contribution in [0.5, 0.6) is 0 Å². The molecule has 0 saturated heterocycles. The maximum Gasteiger partial charge on any atom is 0.0796 e. The van der Waals surface area contributed by atoms with E-state index in [2.05, 4.69) is 255 Å². The minimum absolute atomic E-state index is 0.0383. The summed E-state index contributed by atoms with van der Waals surface area (Å²) >= 11 is 1.85. The molecule has 72 heavy (non-hydrogen) atoms. The molecule has 4 aliphatic heterocycles. The summed E-state index contributed by atoms with van der Waals surface area (Å²) in [5.41, 5.74) is 22.8. The summed E-state index contributed by atoms with van der Waals surface area (Å²) in [4.78, 5) is 15.7. The van der Waals surface area contributed by atoms with Crippen LogP contribution in [0.1, 0.15) is 80.8 Å². The van der Waals surface area contributed by atoms with Gasteiger partial charge in [-0.15, -0.1) is 0 Å². The first-order valence-electron chi connectivity index (χ1n) is 25.8. The lowest BCUT2D eigenvalue weighted by molar-refractivity contribution is 0.615.